The second-order valence-corrected chi connectivity index (χ2v) is 12.4. The lowest BCUT2D eigenvalue weighted by Gasteiger charge is -2.60. The van der Waals surface area contributed by atoms with Crippen LogP contribution in [0.3, 0.4) is 0 Å². The lowest BCUT2D eigenvalue weighted by Crippen LogP contribution is -2.68. The standard InChI is InChI=1S/C34H59NO3/c1-8-11-12-13-14-15-16-17-18-19-23-26-32(36)37-31-27-30(9-2)35(34(7,10-3)33(31,5)6)38-28(4)29-24-21-20-22-25-29/h20-22,24-25,28,30-31H,8-19,23,26-27H2,1-7H3. The van der Waals surface area contributed by atoms with Gasteiger partial charge >= 0.3 is 5.97 Å². The zero-order valence-electron chi connectivity index (χ0n) is 25.9. The first-order chi connectivity index (χ1) is 18.2. The van der Waals surface area contributed by atoms with Gasteiger partial charge in [-0.2, -0.15) is 5.06 Å². The van der Waals surface area contributed by atoms with Crippen molar-refractivity contribution < 1.29 is 14.4 Å². The van der Waals surface area contributed by atoms with Gasteiger partial charge < -0.3 is 4.74 Å². The van der Waals surface area contributed by atoms with E-state index in [1.807, 2.05) is 6.07 Å². The fourth-order valence-electron chi connectivity index (χ4n) is 6.12. The van der Waals surface area contributed by atoms with E-state index in [2.05, 4.69) is 77.8 Å². The van der Waals surface area contributed by atoms with E-state index in [9.17, 15) is 4.79 Å². The van der Waals surface area contributed by atoms with Crippen LogP contribution >= 0.6 is 0 Å². The monoisotopic (exact) mass is 529 g/mol. The second-order valence-electron chi connectivity index (χ2n) is 12.4. The molecule has 1 heterocycles. The van der Waals surface area contributed by atoms with Crippen molar-refractivity contribution in [2.45, 2.75) is 169 Å². The van der Waals surface area contributed by atoms with Gasteiger partial charge in [0.15, 0.2) is 0 Å². The van der Waals surface area contributed by atoms with Crippen molar-refractivity contribution in [3.8, 4) is 0 Å². The van der Waals surface area contributed by atoms with Crippen LogP contribution in [-0.4, -0.2) is 28.7 Å². The highest BCUT2D eigenvalue weighted by atomic mass is 16.7. The summed E-state index contributed by atoms with van der Waals surface area (Å²) in [6.07, 6.45) is 17.2. The van der Waals surface area contributed by atoms with Crippen LogP contribution in [0, 0.1) is 5.41 Å². The minimum Gasteiger partial charge on any atom is -0.462 e. The van der Waals surface area contributed by atoms with E-state index in [1.165, 1.54) is 63.4 Å². The fraction of sp³-hybridized carbons (Fsp3) is 0.794. The van der Waals surface area contributed by atoms with Crippen LogP contribution in [0.5, 0.6) is 0 Å². The molecule has 4 atom stereocenters. The van der Waals surface area contributed by atoms with Gasteiger partial charge in [0.2, 0.25) is 0 Å². The molecule has 38 heavy (non-hydrogen) atoms. The third-order valence-electron chi connectivity index (χ3n) is 9.46. The Labute approximate surface area is 235 Å². The summed E-state index contributed by atoms with van der Waals surface area (Å²) in [6, 6.07) is 10.6. The van der Waals surface area contributed by atoms with E-state index in [-0.39, 0.29) is 35.2 Å². The van der Waals surface area contributed by atoms with Crippen LogP contribution in [0.4, 0.5) is 0 Å². The van der Waals surface area contributed by atoms with Crippen molar-refractivity contribution in [1.82, 2.24) is 5.06 Å². The van der Waals surface area contributed by atoms with E-state index in [0.29, 0.717) is 6.42 Å². The molecule has 1 fully saturated rings. The van der Waals surface area contributed by atoms with E-state index >= 15 is 0 Å². The van der Waals surface area contributed by atoms with Crippen LogP contribution in [0.15, 0.2) is 30.3 Å². The molecule has 0 saturated carbocycles. The molecule has 0 N–H and O–H groups in total. The zero-order chi connectivity index (χ0) is 28.0. The molecule has 0 aliphatic carbocycles. The SMILES string of the molecule is CCCCCCCCCCCCCC(=O)OC1CC(CC)N(OC(C)c2ccccc2)C(C)(CC)C1(C)C. The van der Waals surface area contributed by atoms with E-state index < -0.39 is 0 Å². The number of piperidine rings is 1. The summed E-state index contributed by atoms with van der Waals surface area (Å²) in [5.74, 6) is -0.0284. The number of hydroxylamine groups is 2. The molecule has 0 bridgehead atoms. The van der Waals surface area contributed by atoms with Crippen molar-refractivity contribution in [2.75, 3.05) is 0 Å². The summed E-state index contributed by atoms with van der Waals surface area (Å²) in [7, 11) is 0. The average Bonchev–Trinajstić information content (AvgIpc) is 2.92. The summed E-state index contributed by atoms with van der Waals surface area (Å²) in [5, 5.41) is 2.26. The molecule has 1 aromatic rings. The van der Waals surface area contributed by atoms with Crippen LogP contribution in [0.2, 0.25) is 0 Å². The molecule has 2 rings (SSSR count). The molecule has 0 amide bonds. The van der Waals surface area contributed by atoms with Gasteiger partial charge in [0.1, 0.15) is 12.2 Å². The third-order valence-corrected chi connectivity index (χ3v) is 9.46. The van der Waals surface area contributed by atoms with E-state index in [0.717, 1.165) is 32.1 Å². The summed E-state index contributed by atoms with van der Waals surface area (Å²) in [4.78, 5) is 19.6. The van der Waals surface area contributed by atoms with Crippen LogP contribution in [-0.2, 0) is 14.4 Å². The lowest BCUT2D eigenvalue weighted by molar-refractivity contribution is -0.327. The van der Waals surface area contributed by atoms with E-state index in [4.69, 9.17) is 9.57 Å². The Balaban J connectivity index is 1.86. The Bertz CT molecular complexity index is 779. The van der Waals surface area contributed by atoms with Crippen LogP contribution in [0.25, 0.3) is 0 Å². The van der Waals surface area contributed by atoms with Crippen molar-refractivity contribution >= 4 is 5.97 Å². The number of hydrogen-bond donors (Lipinski definition) is 0. The molecule has 0 radical (unpaired) electrons. The molecule has 0 spiro atoms. The summed E-state index contributed by atoms with van der Waals surface area (Å²) in [6.45, 7) is 15.6. The number of nitrogens with zero attached hydrogens (tertiary/aromatic N) is 1. The molecular formula is C34H59NO3. The molecule has 4 nitrogen and oxygen atoms in total. The Morgan fingerprint density at radius 2 is 1.45 bits per heavy atom. The fourth-order valence-corrected chi connectivity index (χ4v) is 6.12. The Morgan fingerprint density at radius 3 is 1.97 bits per heavy atom. The minimum absolute atomic E-state index is 0.0284. The molecule has 4 heteroatoms. The maximum absolute atomic E-state index is 12.9. The molecule has 218 valence electrons. The van der Waals surface area contributed by atoms with Crippen molar-refractivity contribution in [1.29, 1.82) is 0 Å². The molecule has 1 aliphatic heterocycles. The first-order valence-corrected chi connectivity index (χ1v) is 15.9. The molecule has 1 aromatic carbocycles. The highest BCUT2D eigenvalue weighted by Crippen LogP contribution is 2.50. The quantitative estimate of drug-likeness (QED) is 0.140. The normalized spacial score (nSPS) is 24.3. The molecule has 1 aliphatic rings. The van der Waals surface area contributed by atoms with Gasteiger partial charge in [-0.15, -0.1) is 0 Å². The minimum atomic E-state index is -0.254. The number of esters is 1. The zero-order valence-corrected chi connectivity index (χ0v) is 25.9. The summed E-state index contributed by atoms with van der Waals surface area (Å²) < 4.78 is 6.24. The topological polar surface area (TPSA) is 38.8 Å². The Morgan fingerprint density at radius 1 is 0.895 bits per heavy atom. The van der Waals surface area contributed by atoms with Gasteiger partial charge in [-0.25, -0.2) is 0 Å². The molecule has 1 saturated heterocycles. The number of rotatable bonds is 18. The first kappa shape index (κ1) is 32.8. The van der Waals surface area contributed by atoms with Crippen molar-refractivity contribution in [3.05, 3.63) is 35.9 Å². The van der Waals surface area contributed by atoms with Crippen LogP contribution in [0.1, 0.15) is 156 Å². The molecule has 4 unspecified atom stereocenters. The largest absolute Gasteiger partial charge is 0.462 e. The number of unbranched alkanes of at least 4 members (excludes halogenated alkanes) is 10. The van der Waals surface area contributed by atoms with Gasteiger partial charge in [-0.3, -0.25) is 9.63 Å². The van der Waals surface area contributed by atoms with Crippen molar-refractivity contribution in [3.63, 3.8) is 0 Å². The Hall–Kier alpha value is -1.39. The first-order valence-electron chi connectivity index (χ1n) is 15.9. The molecular weight excluding hydrogens is 470 g/mol. The number of hydrogen-bond acceptors (Lipinski definition) is 4. The van der Waals surface area contributed by atoms with Gasteiger partial charge in [0.05, 0.1) is 5.54 Å². The second kappa shape index (κ2) is 16.7. The average molecular weight is 530 g/mol. The predicted octanol–water partition coefficient (Wildman–Crippen LogP) is 9.97. The Kier molecular flexibility index (Phi) is 14.4. The number of carbonyl (C=O) groups excluding carboxylic acids is 1. The van der Waals surface area contributed by atoms with Gasteiger partial charge in [-0.1, -0.05) is 129 Å². The number of ether oxygens (including phenoxy) is 1. The van der Waals surface area contributed by atoms with E-state index in [1.54, 1.807) is 0 Å². The lowest BCUT2D eigenvalue weighted by atomic mass is 9.63. The van der Waals surface area contributed by atoms with Gasteiger partial charge in [-0.05, 0) is 38.7 Å². The third kappa shape index (κ3) is 9.08. The number of benzene rings is 1. The summed E-state index contributed by atoms with van der Waals surface area (Å²) >= 11 is 0. The summed E-state index contributed by atoms with van der Waals surface area (Å²) in [5.41, 5.74) is 0.687. The smallest absolute Gasteiger partial charge is 0.306 e. The van der Waals surface area contributed by atoms with Crippen LogP contribution < -0.4 is 0 Å². The molecule has 0 aromatic heterocycles. The highest BCUT2D eigenvalue weighted by Gasteiger charge is 2.57. The van der Waals surface area contributed by atoms with Gasteiger partial charge in [0.25, 0.3) is 0 Å². The maximum atomic E-state index is 12.9. The van der Waals surface area contributed by atoms with Crippen molar-refractivity contribution in [2.24, 2.45) is 5.41 Å². The predicted molar refractivity (Wildman–Crippen MR) is 160 cm³/mol. The number of carbonyl (C=O) groups is 1. The van der Waals surface area contributed by atoms with Gasteiger partial charge in [0, 0.05) is 24.3 Å². The highest BCUT2D eigenvalue weighted by molar-refractivity contribution is 5.69. The maximum Gasteiger partial charge on any atom is 0.306 e.